The van der Waals surface area contributed by atoms with Crippen LogP contribution in [0.1, 0.15) is 24.4 Å². The van der Waals surface area contributed by atoms with E-state index in [1.54, 1.807) is 6.33 Å². The molecule has 0 spiro atoms. The summed E-state index contributed by atoms with van der Waals surface area (Å²) in [6, 6.07) is 10.2. The smallest absolute Gasteiger partial charge is 0.318 e. The molecule has 2 heterocycles. The summed E-state index contributed by atoms with van der Waals surface area (Å²) in [5, 5.41) is 11.0. The lowest BCUT2D eigenvalue weighted by Crippen LogP contribution is -2.52. The number of nitrogens with zero attached hydrogens (tertiary/aromatic N) is 5. The highest BCUT2D eigenvalue weighted by Crippen LogP contribution is 2.24. The Bertz CT molecular complexity index is 671. The highest BCUT2D eigenvalue weighted by atomic mass is 16.2. The number of nitrogens with one attached hydrogen (secondary N) is 1. The molecule has 1 aliphatic heterocycles. The van der Waals surface area contributed by atoms with E-state index in [2.05, 4.69) is 39.6 Å². The van der Waals surface area contributed by atoms with Gasteiger partial charge in [0.25, 0.3) is 0 Å². The number of hydrogen-bond donors (Lipinski definition) is 1. The van der Waals surface area contributed by atoms with E-state index in [0.29, 0.717) is 13.1 Å². The Balaban J connectivity index is 1.69. The van der Waals surface area contributed by atoms with Crippen molar-refractivity contribution in [3.63, 3.8) is 0 Å². The molecular formula is C17H24N6O. The van der Waals surface area contributed by atoms with Gasteiger partial charge in [-0.3, -0.25) is 0 Å². The molecule has 1 unspecified atom stereocenters. The van der Waals surface area contributed by atoms with Crippen molar-refractivity contribution in [2.75, 3.05) is 26.7 Å². The fourth-order valence-corrected chi connectivity index (χ4v) is 3.06. The molecule has 1 aliphatic rings. The van der Waals surface area contributed by atoms with Crippen molar-refractivity contribution in [3.05, 3.63) is 48.0 Å². The maximum absolute atomic E-state index is 12.7. The topological polar surface area (TPSA) is 66.3 Å². The second-order valence-electron chi connectivity index (χ2n) is 6.07. The van der Waals surface area contributed by atoms with Crippen LogP contribution in [-0.2, 0) is 13.1 Å². The first-order valence-corrected chi connectivity index (χ1v) is 8.33. The van der Waals surface area contributed by atoms with Crippen LogP contribution in [0, 0.1) is 0 Å². The average molecular weight is 328 g/mol. The molecule has 7 nitrogen and oxygen atoms in total. The van der Waals surface area contributed by atoms with E-state index < -0.39 is 0 Å². The summed E-state index contributed by atoms with van der Waals surface area (Å²) in [4.78, 5) is 16.9. The molecule has 2 aromatic rings. The van der Waals surface area contributed by atoms with E-state index in [0.717, 1.165) is 31.0 Å². The van der Waals surface area contributed by atoms with Gasteiger partial charge in [-0.1, -0.05) is 30.3 Å². The van der Waals surface area contributed by atoms with Gasteiger partial charge in [0.2, 0.25) is 0 Å². The van der Waals surface area contributed by atoms with Gasteiger partial charge in [-0.15, -0.1) is 10.2 Å². The van der Waals surface area contributed by atoms with Crippen molar-refractivity contribution in [1.82, 2.24) is 29.9 Å². The van der Waals surface area contributed by atoms with Crippen LogP contribution in [0.15, 0.2) is 36.7 Å². The first-order valence-electron chi connectivity index (χ1n) is 8.33. The fourth-order valence-electron chi connectivity index (χ4n) is 3.06. The number of hydrogen-bond acceptors (Lipinski definition) is 4. The average Bonchev–Trinajstić information content (AvgIpc) is 3.08. The molecule has 1 atom stereocenters. The third kappa shape index (κ3) is 3.56. The molecular weight excluding hydrogens is 304 g/mol. The van der Waals surface area contributed by atoms with Gasteiger partial charge in [-0.25, -0.2) is 4.79 Å². The fraction of sp³-hybridized carbons (Fsp3) is 0.471. The predicted molar refractivity (Wildman–Crippen MR) is 91.3 cm³/mol. The van der Waals surface area contributed by atoms with Crippen LogP contribution in [0.4, 0.5) is 4.79 Å². The number of rotatable bonds is 4. The van der Waals surface area contributed by atoms with Crippen molar-refractivity contribution in [1.29, 1.82) is 0 Å². The van der Waals surface area contributed by atoms with Gasteiger partial charge in [0.1, 0.15) is 6.33 Å². The van der Waals surface area contributed by atoms with Gasteiger partial charge in [0.15, 0.2) is 5.82 Å². The van der Waals surface area contributed by atoms with Gasteiger partial charge in [0, 0.05) is 26.2 Å². The molecule has 128 valence electrons. The number of piperazine rings is 1. The van der Waals surface area contributed by atoms with Crippen LogP contribution in [0.5, 0.6) is 0 Å². The van der Waals surface area contributed by atoms with E-state index in [1.165, 1.54) is 0 Å². The molecule has 7 heteroatoms. The van der Waals surface area contributed by atoms with Crippen molar-refractivity contribution >= 4 is 6.03 Å². The second-order valence-corrected chi connectivity index (χ2v) is 6.07. The Morgan fingerprint density at radius 1 is 1.29 bits per heavy atom. The van der Waals surface area contributed by atoms with Crippen LogP contribution in [-0.4, -0.2) is 57.3 Å². The maximum atomic E-state index is 12.7. The molecule has 1 saturated heterocycles. The first kappa shape index (κ1) is 16.4. The zero-order chi connectivity index (χ0) is 16.9. The van der Waals surface area contributed by atoms with E-state index in [-0.39, 0.29) is 12.1 Å². The number of benzene rings is 1. The third-order valence-corrected chi connectivity index (χ3v) is 4.46. The lowest BCUT2D eigenvalue weighted by Gasteiger charge is -2.40. The summed E-state index contributed by atoms with van der Waals surface area (Å²) < 4.78 is 1.93. The third-order valence-electron chi connectivity index (χ3n) is 4.46. The quantitative estimate of drug-likeness (QED) is 0.923. The molecule has 0 aliphatic carbocycles. The summed E-state index contributed by atoms with van der Waals surface area (Å²) >= 11 is 0. The maximum Gasteiger partial charge on any atom is 0.318 e. The Morgan fingerprint density at radius 3 is 2.83 bits per heavy atom. The number of carbonyl (C=O) groups excluding carboxylic acids is 1. The monoisotopic (exact) mass is 328 g/mol. The van der Waals surface area contributed by atoms with E-state index in [4.69, 9.17) is 0 Å². The number of aryl methyl sites for hydroxylation is 1. The van der Waals surface area contributed by atoms with Gasteiger partial charge >= 0.3 is 6.03 Å². The zero-order valence-corrected chi connectivity index (χ0v) is 14.2. The van der Waals surface area contributed by atoms with Crippen molar-refractivity contribution in [2.45, 2.75) is 26.1 Å². The minimum absolute atomic E-state index is 0.0531. The number of amides is 2. The van der Waals surface area contributed by atoms with Crippen molar-refractivity contribution < 1.29 is 4.79 Å². The molecule has 1 aromatic heterocycles. The number of likely N-dealkylation sites (N-methyl/N-ethyl adjacent to an activating group) is 1. The SMILES string of the molecule is CCn1cnnc1CNC(=O)N1CCN(C)CC1c1ccccc1. The lowest BCUT2D eigenvalue weighted by atomic mass is 10.0. The van der Waals surface area contributed by atoms with Gasteiger partial charge < -0.3 is 19.7 Å². The van der Waals surface area contributed by atoms with E-state index >= 15 is 0 Å². The first-order chi connectivity index (χ1) is 11.7. The van der Waals surface area contributed by atoms with Crippen LogP contribution >= 0.6 is 0 Å². The predicted octanol–water partition coefficient (Wildman–Crippen LogP) is 1.50. The van der Waals surface area contributed by atoms with Crippen molar-refractivity contribution in [2.24, 2.45) is 0 Å². The molecule has 1 N–H and O–H groups in total. The summed E-state index contributed by atoms with van der Waals surface area (Å²) in [5.41, 5.74) is 1.16. The summed E-state index contributed by atoms with van der Waals surface area (Å²) in [5.74, 6) is 0.774. The second kappa shape index (κ2) is 7.44. The van der Waals surface area contributed by atoms with E-state index in [1.807, 2.05) is 34.6 Å². The normalized spacial score (nSPS) is 18.6. The zero-order valence-electron chi connectivity index (χ0n) is 14.2. The summed E-state index contributed by atoms with van der Waals surface area (Å²) in [7, 11) is 2.09. The number of urea groups is 1. The Labute approximate surface area is 142 Å². The van der Waals surface area contributed by atoms with Crippen LogP contribution in [0.2, 0.25) is 0 Å². The van der Waals surface area contributed by atoms with Gasteiger partial charge in [-0.05, 0) is 19.5 Å². The molecule has 1 aromatic carbocycles. The lowest BCUT2D eigenvalue weighted by molar-refractivity contribution is 0.108. The molecule has 24 heavy (non-hydrogen) atoms. The standard InChI is InChI=1S/C17H24N6O/c1-3-22-13-19-20-16(22)11-18-17(24)23-10-9-21(2)12-15(23)14-7-5-4-6-8-14/h4-8,13,15H,3,9-12H2,1-2H3,(H,18,24). The minimum Gasteiger partial charge on any atom is -0.331 e. The Hall–Kier alpha value is -2.41. The molecule has 0 saturated carbocycles. The van der Waals surface area contributed by atoms with E-state index in [9.17, 15) is 4.79 Å². The molecule has 2 amide bonds. The Morgan fingerprint density at radius 2 is 2.08 bits per heavy atom. The number of aromatic nitrogens is 3. The minimum atomic E-state index is -0.0531. The van der Waals surface area contributed by atoms with Gasteiger partial charge in [0.05, 0.1) is 12.6 Å². The highest BCUT2D eigenvalue weighted by molar-refractivity contribution is 5.74. The van der Waals surface area contributed by atoms with Crippen LogP contribution < -0.4 is 5.32 Å². The molecule has 3 rings (SSSR count). The highest BCUT2D eigenvalue weighted by Gasteiger charge is 2.30. The largest absolute Gasteiger partial charge is 0.331 e. The van der Waals surface area contributed by atoms with Crippen LogP contribution in [0.25, 0.3) is 0 Å². The summed E-state index contributed by atoms with van der Waals surface area (Å²) in [6.07, 6.45) is 1.68. The number of carbonyl (C=O) groups is 1. The van der Waals surface area contributed by atoms with Gasteiger partial charge in [-0.2, -0.15) is 0 Å². The Kier molecular flexibility index (Phi) is 5.10. The summed E-state index contributed by atoms with van der Waals surface area (Å²) in [6.45, 7) is 5.63. The molecule has 0 bridgehead atoms. The molecule has 1 fully saturated rings. The van der Waals surface area contributed by atoms with Crippen molar-refractivity contribution in [3.8, 4) is 0 Å². The molecule has 0 radical (unpaired) electrons. The van der Waals surface area contributed by atoms with Crippen LogP contribution in [0.3, 0.4) is 0 Å².